The first-order chi connectivity index (χ1) is 13.3. The van der Waals surface area contributed by atoms with Gasteiger partial charge in [0.1, 0.15) is 5.82 Å². The second-order valence-electron chi connectivity index (χ2n) is 8.61. The van der Waals surface area contributed by atoms with Gasteiger partial charge in [-0.3, -0.25) is 9.59 Å². The highest BCUT2D eigenvalue weighted by Crippen LogP contribution is 2.47. The third-order valence-electron chi connectivity index (χ3n) is 6.30. The minimum atomic E-state index is -0.697. The number of carbonyl (C=O) groups excluding carboxylic acids is 2. The maximum atomic E-state index is 14.7. The summed E-state index contributed by atoms with van der Waals surface area (Å²) in [5.41, 5.74) is 1.03. The average Bonchev–Trinajstić information content (AvgIpc) is 3.06. The summed E-state index contributed by atoms with van der Waals surface area (Å²) in [6, 6.07) is 4.58. The van der Waals surface area contributed by atoms with Gasteiger partial charge in [0.15, 0.2) is 0 Å². The Labute approximate surface area is 165 Å². The van der Waals surface area contributed by atoms with E-state index in [4.69, 9.17) is 4.74 Å². The molecule has 7 heteroatoms. The molecule has 2 heterocycles. The van der Waals surface area contributed by atoms with Crippen LogP contribution in [-0.4, -0.2) is 55.1 Å². The summed E-state index contributed by atoms with van der Waals surface area (Å²) >= 11 is 0. The zero-order chi connectivity index (χ0) is 19.9. The molecule has 0 radical (unpaired) electrons. The molecule has 0 bridgehead atoms. The molecule has 2 aliphatic heterocycles. The van der Waals surface area contributed by atoms with Crippen molar-refractivity contribution in [2.45, 2.75) is 51.7 Å². The number of nitrogens with zero attached hydrogens (tertiary/aromatic N) is 2. The lowest BCUT2D eigenvalue weighted by molar-refractivity contribution is -0.142. The smallest absolute Gasteiger partial charge is 0.313 e. The van der Waals surface area contributed by atoms with Crippen LogP contribution in [0.25, 0.3) is 0 Å². The molecule has 6 nitrogen and oxygen atoms in total. The number of morpholine rings is 1. The molecule has 2 unspecified atom stereocenters. The van der Waals surface area contributed by atoms with Gasteiger partial charge in [-0.2, -0.15) is 0 Å². The molecule has 4 rings (SSSR count). The van der Waals surface area contributed by atoms with E-state index < -0.39 is 17.6 Å². The largest absolute Gasteiger partial charge is 0.372 e. The Hall–Kier alpha value is -2.15. The molecule has 1 aromatic rings. The van der Waals surface area contributed by atoms with Crippen molar-refractivity contribution < 1.29 is 18.7 Å². The van der Waals surface area contributed by atoms with Gasteiger partial charge in [0.05, 0.1) is 17.9 Å². The lowest BCUT2D eigenvalue weighted by Crippen LogP contribution is -2.45. The fraction of sp³-hybridized carbons (Fsp3) is 0.619. The van der Waals surface area contributed by atoms with Crippen molar-refractivity contribution in [3.8, 4) is 0 Å². The summed E-state index contributed by atoms with van der Waals surface area (Å²) in [7, 11) is 0. The van der Waals surface area contributed by atoms with Crippen molar-refractivity contribution in [3.05, 3.63) is 24.0 Å². The number of anilines is 2. The van der Waals surface area contributed by atoms with Crippen molar-refractivity contribution in [2.75, 3.05) is 36.4 Å². The normalized spacial score (nSPS) is 26.2. The predicted molar refractivity (Wildman–Crippen MR) is 105 cm³/mol. The molecule has 1 aliphatic carbocycles. The fourth-order valence-corrected chi connectivity index (χ4v) is 4.74. The van der Waals surface area contributed by atoms with E-state index in [-0.39, 0.29) is 17.6 Å². The molecule has 28 heavy (non-hydrogen) atoms. The van der Waals surface area contributed by atoms with E-state index in [1.165, 1.54) is 12.5 Å². The van der Waals surface area contributed by atoms with Gasteiger partial charge in [-0.25, -0.2) is 4.39 Å². The summed E-state index contributed by atoms with van der Waals surface area (Å²) in [4.78, 5) is 28.4. The zero-order valence-corrected chi connectivity index (χ0v) is 16.5. The van der Waals surface area contributed by atoms with Gasteiger partial charge in [0.25, 0.3) is 0 Å². The molecule has 152 valence electrons. The van der Waals surface area contributed by atoms with E-state index >= 15 is 0 Å². The molecule has 2 amide bonds. The van der Waals surface area contributed by atoms with E-state index in [1.807, 2.05) is 18.7 Å². The lowest BCUT2D eigenvalue weighted by atomic mass is 9.68. The second-order valence-corrected chi connectivity index (χ2v) is 8.61. The summed E-state index contributed by atoms with van der Waals surface area (Å²) in [5.74, 6) is -1.64. The summed E-state index contributed by atoms with van der Waals surface area (Å²) in [5, 5.41) is 2.56. The Balaban J connectivity index is 1.39. The number of nitrogens with one attached hydrogen (secondary N) is 1. The Morgan fingerprint density at radius 2 is 1.89 bits per heavy atom. The van der Waals surface area contributed by atoms with Crippen LogP contribution in [0.1, 0.15) is 39.5 Å². The van der Waals surface area contributed by atoms with E-state index in [2.05, 4.69) is 5.32 Å². The number of carbonyl (C=O) groups is 2. The van der Waals surface area contributed by atoms with Crippen LogP contribution < -0.4 is 10.2 Å². The summed E-state index contributed by atoms with van der Waals surface area (Å²) in [6.07, 6.45) is 4.53. The predicted octanol–water partition coefficient (Wildman–Crippen LogP) is 2.78. The highest BCUT2D eigenvalue weighted by Gasteiger charge is 2.45. The Morgan fingerprint density at radius 3 is 2.46 bits per heavy atom. The molecule has 3 fully saturated rings. The van der Waals surface area contributed by atoms with Gasteiger partial charge in [-0.15, -0.1) is 0 Å². The van der Waals surface area contributed by atoms with Crippen LogP contribution in [0.2, 0.25) is 0 Å². The van der Waals surface area contributed by atoms with Gasteiger partial charge in [0, 0.05) is 31.9 Å². The maximum Gasteiger partial charge on any atom is 0.313 e. The third-order valence-corrected chi connectivity index (χ3v) is 6.30. The molecule has 1 N–H and O–H groups in total. The fourth-order valence-electron chi connectivity index (χ4n) is 4.74. The number of rotatable bonds is 2. The zero-order valence-electron chi connectivity index (χ0n) is 16.5. The summed E-state index contributed by atoms with van der Waals surface area (Å²) < 4.78 is 20.4. The first kappa shape index (κ1) is 19.2. The van der Waals surface area contributed by atoms with Gasteiger partial charge in [0.2, 0.25) is 0 Å². The molecule has 2 saturated heterocycles. The SMILES string of the molecule is CC1CN(c2ccc(NC(=O)C(=O)N3CCC4(CCC4)C3)cc2F)CC(C)O1. The van der Waals surface area contributed by atoms with E-state index in [0.29, 0.717) is 37.6 Å². The van der Waals surface area contributed by atoms with Gasteiger partial charge >= 0.3 is 11.8 Å². The minimum Gasteiger partial charge on any atom is -0.372 e. The van der Waals surface area contributed by atoms with E-state index in [1.54, 1.807) is 17.0 Å². The summed E-state index contributed by atoms with van der Waals surface area (Å²) in [6.45, 7) is 6.46. The standard InChI is InChI=1S/C21H28FN3O3/c1-14-11-25(12-15(2)28-14)18-5-4-16(10-17(18)22)23-19(26)20(27)24-9-8-21(13-24)6-3-7-21/h4-5,10,14-15H,3,6-9,11-13H2,1-2H3,(H,23,26). The maximum absolute atomic E-state index is 14.7. The van der Waals surface area contributed by atoms with Crippen LogP contribution in [0.4, 0.5) is 15.8 Å². The van der Waals surface area contributed by atoms with Gasteiger partial charge in [-0.1, -0.05) is 6.42 Å². The minimum absolute atomic E-state index is 0.0274. The quantitative estimate of drug-likeness (QED) is 0.790. The molecule has 1 saturated carbocycles. The van der Waals surface area contributed by atoms with Crippen LogP contribution in [-0.2, 0) is 14.3 Å². The van der Waals surface area contributed by atoms with Crippen LogP contribution in [0.5, 0.6) is 0 Å². The molecule has 1 aromatic carbocycles. The van der Waals surface area contributed by atoms with Crippen molar-refractivity contribution in [1.82, 2.24) is 4.90 Å². The number of likely N-dealkylation sites (tertiary alicyclic amines) is 1. The molecule has 1 spiro atoms. The Morgan fingerprint density at radius 1 is 1.18 bits per heavy atom. The molecular weight excluding hydrogens is 361 g/mol. The highest BCUT2D eigenvalue weighted by molar-refractivity contribution is 6.39. The lowest BCUT2D eigenvalue weighted by Gasteiger charge is -2.37. The van der Waals surface area contributed by atoms with E-state index in [0.717, 1.165) is 19.3 Å². The number of hydrogen-bond acceptors (Lipinski definition) is 4. The number of amides is 2. The molecular formula is C21H28FN3O3. The Bertz CT molecular complexity index is 770. The van der Waals surface area contributed by atoms with Crippen molar-refractivity contribution >= 4 is 23.2 Å². The molecule has 3 aliphatic rings. The van der Waals surface area contributed by atoms with Crippen molar-refractivity contribution in [3.63, 3.8) is 0 Å². The molecule has 2 atom stereocenters. The number of benzene rings is 1. The third kappa shape index (κ3) is 3.72. The van der Waals surface area contributed by atoms with Gasteiger partial charge < -0.3 is 19.9 Å². The second kappa shape index (κ2) is 7.35. The first-order valence-electron chi connectivity index (χ1n) is 10.2. The van der Waals surface area contributed by atoms with Gasteiger partial charge in [-0.05, 0) is 56.7 Å². The van der Waals surface area contributed by atoms with Crippen LogP contribution in [0.15, 0.2) is 18.2 Å². The number of hydrogen-bond donors (Lipinski definition) is 1. The van der Waals surface area contributed by atoms with Crippen LogP contribution >= 0.6 is 0 Å². The highest BCUT2D eigenvalue weighted by atomic mass is 19.1. The Kier molecular flexibility index (Phi) is 5.04. The average molecular weight is 389 g/mol. The van der Waals surface area contributed by atoms with Crippen molar-refractivity contribution in [1.29, 1.82) is 0 Å². The topological polar surface area (TPSA) is 61.9 Å². The first-order valence-corrected chi connectivity index (χ1v) is 10.2. The monoisotopic (exact) mass is 389 g/mol. The van der Waals surface area contributed by atoms with Crippen molar-refractivity contribution in [2.24, 2.45) is 5.41 Å². The number of halogens is 1. The van der Waals surface area contributed by atoms with Crippen LogP contribution in [0.3, 0.4) is 0 Å². The van der Waals surface area contributed by atoms with Crippen LogP contribution in [0, 0.1) is 11.2 Å². The van der Waals surface area contributed by atoms with E-state index in [9.17, 15) is 14.0 Å². The molecule has 0 aromatic heterocycles. The number of ether oxygens (including phenoxy) is 1.